The number of ether oxygens (including phenoxy) is 1. The molecule has 1 fully saturated rings. The molecule has 0 saturated carbocycles. The second kappa shape index (κ2) is 10.1. The monoisotopic (exact) mass is 596 g/mol. The Bertz CT molecular complexity index is 1830. The Morgan fingerprint density at radius 3 is 2.40 bits per heavy atom. The molecule has 1 saturated heterocycles. The van der Waals surface area contributed by atoms with Gasteiger partial charge in [-0.2, -0.15) is 13.2 Å². The number of benzene rings is 3. The van der Waals surface area contributed by atoms with Crippen molar-refractivity contribution in [2.75, 3.05) is 6.54 Å². The predicted octanol–water partition coefficient (Wildman–Crippen LogP) is 4.76. The Morgan fingerprint density at radius 1 is 1.00 bits per heavy atom. The molecule has 6 rings (SSSR count). The van der Waals surface area contributed by atoms with Gasteiger partial charge in [-0.25, -0.2) is 18.9 Å². The molecule has 3 amide bonds. The van der Waals surface area contributed by atoms with E-state index in [0.29, 0.717) is 32.8 Å². The number of fused-ring (bicyclic) bond motifs is 3. The van der Waals surface area contributed by atoms with Crippen molar-refractivity contribution in [3.05, 3.63) is 93.7 Å². The van der Waals surface area contributed by atoms with E-state index in [4.69, 9.17) is 4.74 Å². The zero-order valence-corrected chi connectivity index (χ0v) is 22.6. The third-order valence-corrected chi connectivity index (χ3v) is 8.03. The molecule has 2 N–H and O–H groups in total. The summed E-state index contributed by atoms with van der Waals surface area (Å²) in [5.74, 6) is -2.54. The van der Waals surface area contributed by atoms with Crippen molar-refractivity contribution < 1.29 is 36.7 Å². The van der Waals surface area contributed by atoms with Crippen molar-refractivity contribution in [1.82, 2.24) is 19.8 Å². The average Bonchev–Trinajstić information content (AvgIpc) is 3.60. The first kappa shape index (κ1) is 28.2. The van der Waals surface area contributed by atoms with Crippen LogP contribution in [-0.2, 0) is 32.9 Å². The van der Waals surface area contributed by atoms with Gasteiger partial charge in [-0.15, -0.1) is 0 Å². The maximum absolute atomic E-state index is 13.7. The normalized spacial score (nSPS) is 18.8. The highest BCUT2D eigenvalue weighted by atomic mass is 19.4. The lowest BCUT2D eigenvalue weighted by Gasteiger charge is -2.31. The molecule has 3 aromatic carbocycles. The largest absolute Gasteiger partial charge is 0.427 e. The lowest BCUT2D eigenvalue weighted by molar-refractivity contribution is -0.187. The number of amides is 3. The fraction of sp³-hybridized carbons (Fsp3) is 0.267. The molecule has 2 atom stereocenters. The van der Waals surface area contributed by atoms with Gasteiger partial charge in [0.05, 0.1) is 11.0 Å². The molecule has 1 spiro atoms. The van der Waals surface area contributed by atoms with Crippen molar-refractivity contribution in [2.45, 2.75) is 44.1 Å². The Morgan fingerprint density at radius 2 is 1.67 bits per heavy atom. The van der Waals surface area contributed by atoms with E-state index in [9.17, 15) is 36.7 Å². The lowest BCUT2D eigenvalue weighted by Crippen LogP contribution is -2.51. The van der Waals surface area contributed by atoms with Crippen molar-refractivity contribution >= 4 is 28.9 Å². The summed E-state index contributed by atoms with van der Waals surface area (Å²) in [6.07, 6.45) is -5.45. The van der Waals surface area contributed by atoms with Crippen molar-refractivity contribution in [2.24, 2.45) is 0 Å². The molecule has 1 aromatic heterocycles. The number of carbonyl (C=O) groups is 3. The highest BCUT2D eigenvalue weighted by molar-refractivity contribution is 6.06. The first-order valence-electron chi connectivity index (χ1n) is 13.4. The maximum atomic E-state index is 13.7. The number of hydrogen-bond acceptors (Lipinski definition) is 5. The fourth-order valence-corrected chi connectivity index (χ4v) is 5.68. The molecule has 0 unspecified atom stereocenters. The fourth-order valence-electron chi connectivity index (χ4n) is 5.68. The maximum Gasteiger partial charge on any atom is 0.418 e. The number of H-pyrrole nitrogens is 2. The van der Waals surface area contributed by atoms with E-state index in [0.717, 1.165) is 35.7 Å². The minimum atomic E-state index is -4.80. The first-order chi connectivity index (χ1) is 20.4. The van der Waals surface area contributed by atoms with Crippen molar-refractivity contribution in [3.63, 3.8) is 0 Å². The highest BCUT2D eigenvalue weighted by Gasteiger charge is 2.58. The minimum Gasteiger partial charge on any atom is -0.427 e. The zero-order chi connectivity index (χ0) is 30.7. The van der Waals surface area contributed by atoms with Crippen molar-refractivity contribution in [1.29, 1.82) is 0 Å². The topological polar surface area (TPSA) is 116 Å². The van der Waals surface area contributed by atoms with Crippen LogP contribution in [0.5, 0.6) is 0 Å². The number of carbonyl (C=O) groups excluding carboxylic acids is 3. The van der Waals surface area contributed by atoms with Crippen LogP contribution < -0.4 is 5.69 Å². The van der Waals surface area contributed by atoms with Crippen LogP contribution in [0, 0.1) is 5.82 Å². The van der Waals surface area contributed by atoms with Crippen LogP contribution in [0.3, 0.4) is 0 Å². The highest BCUT2D eigenvalue weighted by Crippen LogP contribution is 2.46. The van der Waals surface area contributed by atoms with Gasteiger partial charge >= 0.3 is 18.0 Å². The van der Waals surface area contributed by atoms with Crippen LogP contribution >= 0.6 is 0 Å². The molecule has 0 bridgehead atoms. The average molecular weight is 597 g/mol. The van der Waals surface area contributed by atoms with Gasteiger partial charge in [-0.3, -0.25) is 9.59 Å². The van der Waals surface area contributed by atoms with Crippen LogP contribution in [0.25, 0.3) is 22.2 Å². The number of aryl methyl sites for hydroxylation is 1. The number of nitrogens with one attached hydrogen (secondary N) is 2. The second-order valence-electron chi connectivity index (χ2n) is 10.7. The molecule has 2 heterocycles. The lowest BCUT2D eigenvalue weighted by atomic mass is 9.93. The van der Waals surface area contributed by atoms with E-state index in [-0.39, 0.29) is 17.7 Å². The molecule has 1 aliphatic heterocycles. The standard InChI is InChI=1S/C30H24F4N4O5/c1-16(30(32,33)34)37(14-17-2-6-21(31)7-3-17)25(39)15-38-26(40)29(43-28(38)42)11-10-20-12-18(4-8-22(20)29)19-5-9-23-24(13-19)36-27(41)35-23/h2-9,12-13,16H,10-11,14-15H2,1H3,(H2,35,36,41)/t16-,29+/m0/s1. The Balaban J connectivity index is 1.25. The summed E-state index contributed by atoms with van der Waals surface area (Å²) < 4.78 is 60.0. The molecule has 9 nitrogen and oxygen atoms in total. The number of imidazole rings is 1. The van der Waals surface area contributed by atoms with Crippen molar-refractivity contribution in [3.8, 4) is 11.1 Å². The van der Waals surface area contributed by atoms with Crippen LogP contribution in [-0.4, -0.2) is 56.4 Å². The number of nitrogens with zero attached hydrogens (tertiary/aromatic N) is 2. The summed E-state index contributed by atoms with van der Waals surface area (Å²) in [7, 11) is 0. The van der Waals surface area contributed by atoms with Gasteiger partial charge in [-0.05, 0) is 59.9 Å². The Hall–Kier alpha value is -4.94. The summed E-state index contributed by atoms with van der Waals surface area (Å²) >= 11 is 0. The third-order valence-electron chi connectivity index (χ3n) is 8.03. The van der Waals surface area contributed by atoms with E-state index in [1.165, 1.54) is 12.1 Å². The van der Waals surface area contributed by atoms with Gasteiger partial charge in [-0.1, -0.05) is 36.4 Å². The summed E-state index contributed by atoms with van der Waals surface area (Å²) in [5, 5.41) is 0. The zero-order valence-electron chi connectivity index (χ0n) is 22.6. The van der Waals surface area contributed by atoms with E-state index < -0.39 is 54.6 Å². The van der Waals surface area contributed by atoms with Gasteiger partial charge in [0.15, 0.2) is 0 Å². The van der Waals surface area contributed by atoms with Gasteiger partial charge in [0.2, 0.25) is 11.5 Å². The Kier molecular flexibility index (Phi) is 6.62. The molecular weight excluding hydrogens is 572 g/mol. The summed E-state index contributed by atoms with van der Waals surface area (Å²) in [6.45, 7) is -0.678. The van der Waals surface area contributed by atoms with E-state index in [1.807, 2.05) is 12.1 Å². The number of rotatable bonds is 6. The molecule has 4 aromatic rings. The second-order valence-corrected chi connectivity index (χ2v) is 10.7. The molecule has 1 aliphatic carbocycles. The number of aromatic nitrogens is 2. The molecular formula is C30H24F4N4O5. The number of imide groups is 1. The quantitative estimate of drug-likeness (QED) is 0.312. The predicted molar refractivity (Wildman–Crippen MR) is 145 cm³/mol. The molecule has 13 heteroatoms. The summed E-state index contributed by atoms with van der Waals surface area (Å²) in [6, 6.07) is 13.0. The third kappa shape index (κ3) is 4.94. The van der Waals surface area contributed by atoms with Crippen LogP contribution in [0.15, 0.2) is 65.5 Å². The van der Waals surface area contributed by atoms with Gasteiger partial charge in [0.25, 0.3) is 5.91 Å². The molecule has 222 valence electrons. The number of aromatic amines is 2. The van der Waals surface area contributed by atoms with Gasteiger partial charge < -0.3 is 19.6 Å². The number of hydrogen-bond donors (Lipinski definition) is 2. The van der Waals surface area contributed by atoms with Gasteiger partial charge in [0, 0.05) is 18.5 Å². The van der Waals surface area contributed by atoms with Gasteiger partial charge in [0.1, 0.15) is 18.4 Å². The van der Waals surface area contributed by atoms with E-state index in [1.54, 1.807) is 24.3 Å². The van der Waals surface area contributed by atoms with Crippen LogP contribution in [0.4, 0.5) is 22.4 Å². The SMILES string of the molecule is C[C@H](N(Cc1ccc(F)cc1)C(=O)CN1C(=O)O[C@@]2(CCc3cc(-c4ccc5[nH]c(=O)[nH]c5c4)ccc32)C1=O)C(F)(F)F. The summed E-state index contributed by atoms with van der Waals surface area (Å²) in [5.41, 5.74) is 2.23. The molecule has 0 radical (unpaired) electrons. The first-order valence-corrected chi connectivity index (χ1v) is 13.4. The minimum absolute atomic E-state index is 0.101. The van der Waals surface area contributed by atoms with Crippen LogP contribution in [0.1, 0.15) is 30.0 Å². The molecule has 2 aliphatic rings. The number of halogens is 4. The van der Waals surface area contributed by atoms with E-state index >= 15 is 0 Å². The number of alkyl halides is 3. The van der Waals surface area contributed by atoms with E-state index in [2.05, 4.69) is 9.97 Å². The smallest absolute Gasteiger partial charge is 0.418 e. The summed E-state index contributed by atoms with van der Waals surface area (Å²) in [4.78, 5) is 57.8. The molecule has 43 heavy (non-hydrogen) atoms. The Labute approximate surface area is 241 Å². The van der Waals surface area contributed by atoms with Crippen LogP contribution in [0.2, 0.25) is 0 Å².